The van der Waals surface area contributed by atoms with Crippen molar-refractivity contribution in [3.63, 3.8) is 0 Å². The number of carbonyl (C=O) groups is 1. The number of amides is 1. The molecular formula is C16H12N2O2. The van der Waals surface area contributed by atoms with Gasteiger partial charge in [0.2, 0.25) is 0 Å². The van der Waals surface area contributed by atoms with Gasteiger partial charge in [0, 0.05) is 16.8 Å². The molecule has 1 amide bonds. The van der Waals surface area contributed by atoms with Crippen LogP contribution >= 0.6 is 0 Å². The number of carbonyl (C=O) groups excluding carboxylic acids is 1. The minimum atomic E-state index is -0.139. The van der Waals surface area contributed by atoms with Crippen LogP contribution in [0.15, 0.2) is 71.6 Å². The first-order valence-corrected chi connectivity index (χ1v) is 6.18. The molecule has 0 unspecified atom stereocenters. The average Bonchev–Trinajstić information content (AvgIpc) is 3.03. The molecule has 0 saturated heterocycles. The second-order valence-electron chi connectivity index (χ2n) is 4.26. The molecule has 0 radical (unpaired) electrons. The monoisotopic (exact) mass is 264 g/mol. The van der Waals surface area contributed by atoms with E-state index in [1.807, 2.05) is 42.5 Å². The van der Waals surface area contributed by atoms with Gasteiger partial charge < -0.3 is 9.73 Å². The number of nitrogens with one attached hydrogen (secondary N) is 1. The van der Waals surface area contributed by atoms with Crippen molar-refractivity contribution in [2.75, 3.05) is 5.32 Å². The summed E-state index contributed by atoms with van der Waals surface area (Å²) in [5, 5.41) is 2.84. The molecule has 3 aromatic rings. The van der Waals surface area contributed by atoms with Crippen LogP contribution in [-0.4, -0.2) is 10.9 Å². The van der Waals surface area contributed by atoms with E-state index in [9.17, 15) is 4.79 Å². The highest BCUT2D eigenvalue weighted by molar-refractivity contribution is 6.04. The Kier molecular flexibility index (Phi) is 3.29. The van der Waals surface area contributed by atoms with Crippen molar-refractivity contribution >= 4 is 11.6 Å². The molecule has 0 bridgehead atoms. The summed E-state index contributed by atoms with van der Waals surface area (Å²) in [6.45, 7) is 0. The zero-order chi connectivity index (χ0) is 13.8. The van der Waals surface area contributed by atoms with E-state index in [0.717, 1.165) is 11.3 Å². The van der Waals surface area contributed by atoms with Gasteiger partial charge in [0.05, 0.1) is 6.20 Å². The average molecular weight is 264 g/mol. The Morgan fingerprint density at radius 1 is 1.00 bits per heavy atom. The van der Waals surface area contributed by atoms with Crippen LogP contribution in [0.2, 0.25) is 0 Å². The highest BCUT2D eigenvalue weighted by Gasteiger charge is 2.07. The first-order chi connectivity index (χ1) is 9.83. The van der Waals surface area contributed by atoms with E-state index < -0.39 is 0 Å². The Labute approximate surface area is 116 Å². The Hall–Kier alpha value is -2.88. The summed E-state index contributed by atoms with van der Waals surface area (Å²) in [6, 6.07) is 16.5. The number of anilines is 1. The normalized spacial score (nSPS) is 10.2. The Balaban J connectivity index is 1.76. The molecule has 4 heteroatoms. The molecule has 1 aromatic heterocycles. The molecule has 0 spiro atoms. The van der Waals surface area contributed by atoms with E-state index in [2.05, 4.69) is 10.3 Å². The molecule has 98 valence electrons. The highest BCUT2D eigenvalue weighted by atomic mass is 16.3. The molecule has 0 aliphatic rings. The lowest BCUT2D eigenvalue weighted by Crippen LogP contribution is -2.11. The van der Waals surface area contributed by atoms with Gasteiger partial charge in [-0.2, -0.15) is 0 Å². The van der Waals surface area contributed by atoms with Gasteiger partial charge in [-0.3, -0.25) is 4.79 Å². The third-order valence-corrected chi connectivity index (χ3v) is 2.90. The van der Waals surface area contributed by atoms with Gasteiger partial charge in [-0.1, -0.05) is 30.3 Å². The molecule has 4 nitrogen and oxygen atoms in total. The largest absolute Gasteiger partial charge is 0.444 e. The predicted molar refractivity (Wildman–Crippen MR) is 76.3 cm³/mol. The minimum absolute atomic E-state index is 0.139. The summed E-state index contributed by atoms with van der Waals surface area (Å²) in [5.74, 6) is 0.542. The van der Waals surface area contributed by atoms with E-state index in [-0.39, 0.29) is 5.91 Å². The minimum Gasteiger partial charge on any atom is -0.444 e. The Bertz CT molecular complexity index is 689. The van der Waals surface area contributed by atoms with Crippen molar-refractivity contribution in [1.82, 2.24) is 4.98 Å². The zero-order valence-corrected chi connectivity index (χ0v) is 10.6. The second kappa shape index (κ2) is 5.40. The summed E-state index contributed by atoms with van der Waals surface area (Å²) < 4.78 is 5.20. The topological polar surface area (TPSA) is 55.1 Å². The van der Waals surface area contributed by atoms with Crippen LogP contribution in [-0.2, 0) is 0 Å². The molecule has 20 heavy (non-hydrogen) atoms. The number of nitrogens with zero attached hydrogens (tertiary/aromatic N) is 1. The number of benzene rings is 2. The standard InChI is InChI=1S/C16H12N2O2/c19-16(18-14-4-2-1-3-5-14)13-8-6-12(7-9-13)15-10-17-11-20-15/h1-11H,(H,18,19). The van der Waals surface area contributed by atoms with Gasteiger partial charge in [0.15, 0.2) is 12.2 Å². The first-order valence-electron chi connectivity index (χ1n) is 6.18. The summed E-state index contributed by atoms with van der Waals surface area (Å²) in [7, 11) is 0. The van der Waals surface area contributed by atoms with E-state index in [0.29, 0.717) is 11.3 Å². The number of hydrogen-bond donors (Lipinski definition) is 1. The lowest BCUT2D eigenvalue weighted by molar-refractivity contribution is 0.102. The van der Waals surface area contributed by atoms with E-state index in [1.165, 1.54) is 6.39 Å². The SMILES string of the molecule is O=C(Nc1ccccc1)c1ccc(-c2cnco2)cc1. The maximum absolute atomic E-state index is 12.1. The number of para-hydroxylation sites is 1. The van der Waals surface area contributed by atoms with Crippen LogP contribution < -0.4 is 5.32 Å². The summed E-state index contributed by atoms with van der Waals surface area (Å²) in [5.41, 5.74) is 2.26. The molecule has 0 fully saturated rings. The van der Waals surface area contributed by atoms with Gasteiger partial charge in [-0.15, -0.1) is 0 Å². The van der Waals surface area contributed by atoms with Crippen molar-refractivity contribution < 1.29 is 9.21 Å². The van der Waals surface area contributed by atoms with Crippen molar-refractivity contribution in [3.8, 4) is 11.3 Å². The fourth-order valence-electron chi connectivity index (χ4n) is 1.87. The van der Waals surface area contributed by atoms with Crippen LogP contribution in [0.4, 0.5) is 5.69 Å². The number of oxazole rings is 1. The second-order valence-corrected chi connectivity index (χ2v) is 4.26. The van der Waals surface area contributed by atoms with Crippen LogP contribution in [0.25, 0.3) is 11.3 Å². The van der Waals surface area contributed by atoms with Crippen molar-refractivity contribution in [2.24, 2.45) is 0 Å². The fraction of sp³-hybridized carbons (Fsp3) is 0. The van der Waals surface area contributed by atoms with Gasteiger partial charge in [-0.05, 0) is 24.3 Å². The molecule has 1 heterocycles. The van der Waals surface area contributed by atoms with Crippen LogP contribution in [0.1, 0.15) is 10.4 Å². The molecule has 0 saturated carbocycles. The van der Waals surface area contributed by atoms with Gasteiger partial charge in [0.25, 0.3) is 5.91 Å². The van der Waals surface area contributed by atoms with Crippen molar-refractivity contribution in [2.45, 2.75) is 0 Å². The van der Waals surface area contributed by atoms with Crippen molar-refractivity contribution in [1.29, 1.82) is 0 Å². The summed E-state index contributed by atoms with van der Waals surface area (Å²) in [4.78, 5) is 15.9. The van der Waals surface area contributed by atoms with Crippen LogP contribution in [0, 0.1) is 0 Å². The molecule has 0 aliphatic heterocycles. The number of hydrogen-bond acceptors (Lipinski definition) is 3. The number of rotatable bonds is 3. The van der Waals surface area contributed by atoms with Gasteiger partial charge in [0.1, 0.15) is 0 Å². The van der Waals surface area contributed by atoms with E-state index >= 15 is 0 Å². The molecular weight excluding hydrogens is 252 g/mol. The lowest BCUT2D eigenvalue weighted by atomic mass is 10.1. The third kappa shape index (κ3) is 2.59. The van der Waals surface area contributed by atoms with Gasteiger partial charge >= 0.3 is 0 Å². The third-order valence-electron chi connectivity index (χ3n) is 2.90. The van der Waals surface area contributed by atoms with Crippen molar-refractivity contribution in [3.05, 3.63) is 72.8 Å². The predicted octanol–water partition coefficient (Wildman–Crippen LogP) is 3.59. The van der Waals surface area contributed by atoms with Gasteiger partial charge in [-0.25, -0.2) is 4.98 Å². The van der Waals surface area contributed by atoms with E-state index in [1.54, 1.807) is 18.3 Å². The maximum atomic E-state index is 12.1. The molecule has 3 rings (SSSR count). The summed E-state index contributed by atoms with van der Waals surface area (Å²) in [6.07, 6.45) is 3.02. The first kappa shape index (κ1) is 12.2. The highest BCUT2D eigenvalue weighted by Crippen LogP contribution is 2.19. The van der Waals surface area contributed by atoms with Crippen LogP contribution in [0.5, 0.6) is 0 Å². The smallest absolute Gasteiger partial charge is 0.255 e. The maximum Gasteiger partial charge on any atom is 0.255 e. The van der Waals surface area contributed by atoms with E-state index in [4.69, 9.17) is 4.42 Å². The molecule has 1 N–H and O–H groups in total. The number of aromatic nitrogens is 1. The summed E-state index contributed by atoms with van der Waals surface area (Å²) >= 11 is 0. The molecule has 0 aliphatic carbocycles. The quantitative estimate of drug-likeness (QED) is 0.786. The lowest BCUT2D eigenvalue weighted by Gasteiger charge is -2.05. The Morgan fingerprint density at radius 2 is 1.75 bits per heavy atom. The molecule has 0 atom stereocenters. The zero-order valence-electron chi connectivity index (χ0n) is 10.6. The Morgan fingerprint density at radius 3 is 2.40 bits per heavy atom. The van der Waals surface area contributed by atoms with Crippen LogP contribution in [0.3, 0.4) is 0 Å². The fourth-order valence-corrected chi connectivity index (χ4v) is 1.87. The molecule has 2 aromatic carbocycles.